The van der Waals surface area contributed by atoms with Gasteiger partial charge in [0.25, 0.3) is 0 Å². The summed E-state index contributed by atoms with van der Waals surface area (Å²) in [6.45, 7) is 9.21. The van der Waals surface area contributed by atoms with E-state index in [2.05, 4.69) is 29.5 Å². The van der Waals surface area contributed by atoms with Crippen LogP contribution in [0.3, 0.4) is 0 Å². The van der Waals surface area contributed by atoms with E-state index in [1.807, 2.05) is 6.92 Å². The number of hydrogen-bond acceptors (Lipinski definition) is 7. The van der Waals surface area contributed by atoms with Gasteiger partial charge in [-0.2, -0.15) is 0 Å². The van der Waals surface area contributed by atoms with Crippen molar-refractivity contribution in [3.63, 3.8) is 0 Å². The largest absolute Gasteiger partial charge is 0.396 e. The Balaban J connectivity index is 1.59. The van der Waals surface area contributed by atoms with Gasteiger partial charge in [0.2, 0.25) is 5.96 Å². The van der Waals surface area contributed by atoms with Crippen LogP contribution in [0.2, 0.25) is 0 Å². The molecule has 0 spiro atoms. The molecule has 0 bridgehead atoms. The fourth-order valence-electron chi connectivity index (χ4n) is 4.82. The normalized spacial score (nSPS) is 28.9. The van der Waals surface area contributed by atoms with Crippen molar-refractivity contribution in [1.29, 1.82) is 0 Å². The predicted molar refractivity (Wildman–Crippen MR) is 130 cm³/mol. The molecular formula is C23H36N6O2S. The Labute approximate surface area is 194 Å². The number of guanidine groups is 1. The smallest absolute Gasteiger partial charge is 0.219 e. The molecule has 1 saturated carbocycles. The molecule has 8 nitrogen and oxygen atoms in total. The van der Waals surface area contributed by atoms with Gasteiger partial charge in [0.15, 0.2) is 0 Å². The van der Waals surface area contributed by atoms with Crippen LogP contribution in [0.4, 0.5) is 0 Å². The van der Waals surface area contributed by atoms with Gasteiger partial charge in [-0.3, -0.25) is 10.3 Å². The zero-order valence-electron chi connectivity index (χ0n) is 19.4. The molecule has 0 radical (unpaired) electrons. The number of hydrogen-bond donors (Lipinski definition) is 3. The average molecular weight is 461 g/mol. The molecule has 1 aliphatic carbocycles. The van der Waals surface area contributed by atoms with Crippen molar-refractivity contribution >= 4 is 28.7 Å². The van der Waals surface area contributed by atoms with Crippen LogP contribution in [0.5, 0.6) is 0 Å². The molecule has 4 atom stereocenters. The number of ether oxygens (including phenoxy) is 1. The van der Waals surface area contributed by atoms with E-state index in [-0.39, 0.29) is 18.7 Å². The highest BCUT2D eigenvalue weighted by Gasteiger charge is 2.37. The number of nitrogens with zero attached hydrogens (tertiary/aromatic N) is 4. The zero-order valence-corrected chi connectivity index (χ0v) is 20.2. The van der Waals surface area contributed by atoms with Crippen molar-refractivity contribution in [3.05, 3.63) is 15.6 Å². The number of aliphatic hydroxyl groups excluding tert-OH is 1. The minimum Gasteiger partial charge on any atom is -0.396 e. The molecule has 3 aliphatic rings. The molecule has 9 heteroatoms. The van der Waals surface area contributed by atoms with Crippen molar-refractivity contribution < 1.29 is 9.84 Å². The molecule has 4 rings (SSSR count). The summed E-state index contributed by atoms with van der Waals surface area (Å²) in [6, 6.07) is 0.366. The molecule has 1 aromatic heterocycles. The van der Waals surface area contributed by atoms with E-state index in [9.17, 15) is 5.11 Å². The lowest BCUT2D eigenvalue weighted by Gasteiger charge is -2.34. The van der Waals surface area contributed by atoms with E-state index in [0.29, 0.717) is 37.7 Å². The Morgan fingerprint density at radius 2 is 2.19 bits per heavy atom. The summed E-state index contributed by atoms with van der Waals surface area (Å²) in [6.07, 6.45) is 4.98. The number of aliphatic imine (C=N–C) groups is 3. The van der Waals surface area contributed by atoms with E-state index < -0.39 is 0 Å². The lowest BCUT2D eigenvalue weighted by atomic mass is 9.98. The quantitative estimate of drug-likeness (QED) is 0.491. The highest BCUT2D eigenvalue weighted by atomic mass is 32.1. The molecule has 32 heavy (non-hydrogen) atoms. The van der Waals surface area contributed by atoms with Crippen molar-refractivity contribution in [2.75, 3.05) is 32.9 Å². The lowest BCUT2D eigenvalue weighted by molar-refractivity contribution is 0.155. The summed E-state index contributed by atoms with van der Waals surface area (Å²) in [5.41, 5.74) is 3.23. The first-order chi connectivity index (χ1) is 15.6. The van der Waals surface area contributed by atoms with Crippen LogP contribution >= 0.6 is 11.3 Å². The molecule has 1 fully saturated rings. The second-order valence-electron chi connectivity index (χ2n) is 8.74. The summed E-state index contributed by atoms with van der Waals surface area (Å²) < 4.78 is 5.43. The third kappa shape index (κ3) is 5.27. The topological polar surface area (TPSA) is 103 Å². The van der Waals surface area contributed by atoms with Gasteiger partial charge in [0.1, 0.15) is 5.01 Å². The highest BCUT2D eigenvalue weighted by Crippen LogP contribution is 2.34. The fourth-order valence-corrected chi connectivity index (χ4v) is 6.10. The molecule has 1 aromatic rings. The Morgan fingerprint density at radius 3 is 2.94 bits per heavy atom. The molecule has 0 amide bonds. The number of nitrogens with one attached hydrogen (secondary N) is 2. The van der Waals surface area contributed by atoms with Crippen LogP contribution in [0.25, 0.3) is 0 Å². The van der Waals surface area contributed by atoms with Crippen LogP contribution < -0.4 is 10.6 Å². The SMILES string of the molecule is CCOCCN=C1N=C(C)C(c2nc3c(s2)CCN=C3CC)C(NC2CCC(CO)C2)N1. The number of rotatable bonds is 9. The first-order valence-corrected chi connectivity index (χ1v) is 12.8. The second kappa shape index (κ2) is 11.0. The molecule has 3 heterocycles. The molecule has 2 aliphatic heterocycles. The van der Waals surface area contributed by atoms with Crippen LogP contribution in [-0.4, -0.2) is 72.6 Å². The van der Waals surface area contributed by atoms with Gasteiger partial charge in [0, 0.05) is 42.8 Å². The van der Waals surface area contributed by atoms with Crippen molar-refractivity contribution in [2.24, 2.45) is 20.9 Å². The summed E-state index contributed by atoms with van der Waals surface area (Å²) in [7, 11) is 0. The van der Waals surface area contributed by atoms with Crippen molar-refractivity contribution in [2.45, 2.75) is 71.0 Å². The zero-order chi connectivity index (χ0) is 22.5. The van der Waals surface area contributed by atoms with E-state index >= 15 is 0 Å². The molecular weight excluding hydrogens is 424 g/mol. The van der Waals surface area contributed by atoms with E-state index in [1.165, 1.54) is 4.88 Å². The van der Waals surface area contributed by atoms with Gasteiger partial charge in [0.05, 0.1) is 36.6 Å². The Hall–Kier alpha value is -1.68. The molecule has 4 unspecified atom stereocenters. The standard InChI is InChI=1S/C23H36N6O2S/c1-4-17-20-18(8-9-24-17)32-22(28-20)19-14(3)26-23(25-10-11-31-5-2)29-21(19)27-16-7-6-15(12-16)13-30/h15-16,19,21,27,30H,4-13H2,1-3H3,(H,25,29). The average Bonchev–Trinajstić information content (AvgIpc) is 3.43. The predicted octanol–water partition coefficient (Wildman–Crippen LogP) is 2.52. The van der Waals surface area contributed by atoms with E-state index in [1.54, 1.807) is 11.3 Å². The minimum absolute atomic E-state index is 0.0320. The van der Waals surface area contributed by atoms with Gasteiger partial charge in [-0.15, -0.1) is 11.3 Å². The second-order valence-corrected chi connectivity index (χ2v) is 9.85. The monoisotopic (exact) mass is 460 g/mol. The van der Waals surface area contributed by atoms with Gasteiger partial charge in [-0.25, -0.2) is 15.0 Å². The Morgan fingerprint density at radius 1 is 1.31 bits per heavy atom. The van der Waals surface area contributed by atoms with Crippen LogP contribution in [0, 0.1) is 5.92 Å². The molecule has 0 aromatic carbocycles. The lowest BCUT2D eigenvalue weighted by Crippen LogP contribution is -2.56. The summed E-state index contributed by atoms with van der Waals surface area (Å²) in [4.78, 5) is 20.5. The summed E-state index contributed by atoms with van der Waals surface area (Å²) in [5.74, 6) is 1.09. The van der Waals surface area contributed by atoms with Crippen LogP contribution in [-0.2, 0) is 11.2 Å². The number of aromatic nitrogens is 1. The van der Waals surface area contributed by atoms with Crippen molar-refractivity contribution in [1.82, 2.24) is 15.6 Å². The van der Waals surface area contributed by atoms with Crippen LogP contribution in [0.15, 0.2) is 15.0 Å². The maximum absolute atomic E-state index is 9.57. The van der Waals surface area contributed by atoms with E-state index in [0.717, 1.165) is 60.8 Å². The van der Waals surface area contributed by atoms with Gasteiger partial charge in [-0.1, -0.05) is 6.92 Å². The first-order valence-electron chi connectivity index (χ1n) is 12.0. The maximum Gasteiger partial charge on any atom is 0.219 e. The van der Waals surface area contributed by atoms with Gasteiger partial charge >= 0.3 is 0 Å². The third-order valence-corrected chi connectivity index (χ3v) is 7.69. The third-order valence-electron chi connectivity index (χ3n) is 6.50. The maximum atomic E-state index is 9.57. The van der Waals surface area contributed by atoms with Crippen LogP contribution in [0.1, 0.15) is 68.0 Å². The van der Waals surface area contributed by atoms with E-state index in [4.69, 9.17) is 19.7 Å². The number of thiazole rings is 1. The molecule has 176 valence electrons. The Bertz CT molecular complexity index is 880. The first kappa shape index (κ1) is 23.5. The number of aliphatic hydroxyl groups is 1. The number of fused-ring (bicyclic) bond motifs is 1. The molecule has 3 N–H and O–H groups in total. The molecule has 0 saturated heterocycles. The van der Waals surface area contributed by atoms with Gasteiger partial charge in [-0.05, 0) is 45.4 Å². The fraction of sp³-hybridized carbons (Fsp3) is 0.739. The summed E-state index contributed by atoms with van der Waals surface area (Å²) >= 11 is 1.80. The Kier molecular flexibility index (Phi) is 8.04. The minimum atomic E-state index is -0.0320. The van der Waals surface area contributed by atoms with Gasteiger partial charge < -0.3 is 15.2 Å². The highest BCUT2D eigenvalue weighted by molar-refractivity contribution is 7.12. The summed E-state index contributed by atoms with van der Waals surface area (Å²) in [5, 5.41) is 18.0. The van der Waals surface area contributed by atoms with Crippen molar-refractivity contribution in [3.8, 4) is 0 Å².